The number of pyridine rings is 1. The number of aromatic amines is 1. The van der Waals surface area contributed by atoms with Crippen LogP contribution in [0.4, 0.5) is 5.69 Å². The van der Waals surface area contributed by atoms with Gasteiger partial charge in [-0.25, -0.2) is 4.98 Å². The molecule has 2 N–H and O–H groups in total. The van der Waals surface area contributed by atoms with Crippen molar-refractivity contribution in [2.24, 2.45) is 0 Å². The molecule has 2 aromatic heterocycles. The highest BCUT2D eigenvalue weighted by Crippen LogP contribution is 2.27. The van der Waals surface area contributed by atoms with Crippen LogP contribution in [-0.2, 0) is 13.1 Å². The number of H-pyrrole nitrogens is 1. The normalized spacial score (nSPS) is 14.4. The van der Waals surface area contributed by atoms with Gasteiger partial charge in [-0.05, 0) is 57.1 Å². The van der Waals surface area contributed by atoms with Crippen LogP contribution in [0.25, 0.3) is 22.2 Å². The number of fused-ring (bicyclic) bond motifs is 1. The van der Waals surface area contributed by atoms with E-state index in [2.05, 4.69) is 51.4 Å². The maximum absolute atomic E-state index is 6.12. The molecule has 5 rings (SSSR count). The van der Waals surface area contributed by atoms with Crippen molar-refractivity contribution in [3.8, 4) is 11.3 Å². The number of benzene rings is 2. The molecule has 0 saturated carbocycles. The van der Waals surface area contributed by atoms with E-state index in [4.69, 9.17) is 16.6 Å². The Morgan fingerprint density at radius 2 is 1.87 bits per heavy atom. The Balaban J connectivity index is 1.42. The van der Waals surface area contributed by atoms with Gasteiger partial charge in [0.15, 0.2) is 0 Å². The first-order chi connectivity index (χ1) is 15.2. The number of aryl methyl sites for hydroxylation is 1. The molecule has 0 radical (unpaired) electrons. The molecule has 3 heterocycles. The van der Waals surface area contributed by atoms with Crippen LogP contribution >= 0.6 is 11.6 Å². The van der Waals surface area contributed by atoms with Crippen molar-refractivity contribution < 1.29 is 0 Å². The lowest BCUT2D eigenvalue weighted by Gasteiger charge is -2.14. The molecule has 1 saturated heterocycles. The first kappa shape index (κ1) is 20.0. The van der Waals surface area contributed by atoms with Gasteiger partial charge in [0.05, 0.1) is 23.4 Å². The van der Waals surface area contributed by atoms with Crippen molar-refractivity contribution in [1.82, 2.24) is 19.9 Å². The summed E-state index contributed by atoms with van der Waals surface area (Å²) in [6.45, 7) is 5.95. The summed E-state index contributed by atoms with van der Waals surface area (Å²) in [5.74, 6) is 0.934. The summed E-state index contributed by atoms with van der Waals surface area (Å²) >= 11 is 6.12. The average Bonchev–Trinajstić information content (AvgIpc) is 3.43. The van der Waals surface area contributed by atoms with Crippen molar-refractivity contribution in [3.63, 3.8) is 0 Å². The van der Waals surface area contributed by atoms with Gasteiger partial charge in [0.25, 0.3) is 0 Å². The van der Waals surface area contributed by atoms with Crippen LogP contribution < -0.4 is 5.32 Å². The molecule has 1 aliphatic rings. The van der Waals surface area contributed by atoms with Gasteiger partial charge in [-0.1, -0.05) is 41.4 Å². The van der Waals surface area contributed by atoms with E-state index >= 15 is 0 Å². The highest BCUT2D eigenvalue weighted by Gasteiger charge is 2.18. The summed E-state index contributed by atoms with van der Waals surface area (Å²) in [6.07, 6.45) is 4.36. The molecule has 0 unspecified atom stereocenters. The third-order valence-corrected chi connectivity index (χ3v) is 6.12. The molecule has 1 fully saturated rings. The van der Waals surface area contributed by atoms with E-state index in [1.54, 1.807) is 6.20 Å². The fourth-order valence-electron chi connectivity index (χ4n) is 4.23. The van der Waals surface area contributed by atoms with Gasteiger partial charge < -0.3 is 10.3 Å². The van der Waals surface area contributed by atoms with Crippen molar-refractivity contribution >= 4 is 28.2 Å². The maximum Gasteiger partial charge on any atom is 0.126 e. The topological polar surface area (TPSA) is 56.8 Å². The Labute approximate surface area is 187 Å². The molecule has 0 bridgehead atoms. The molecule has 2 aromatic carbocycles. The lowest BCUT2D eigenvalue weighted by molar-refractivity contribution is 0.328. The van der Waals surface area contributed by atoms with Crippen LogP contribution in [0.2, 0.25) is 5.02 Å². The van der Waals surface area contributed by atoms with Gasteiger partial charge in [0.1, 0.15) is 5.82 Å². The number of rotatable bonds is 6. The molecule has 0 spiro atoms. The zero-order valence-electron chi connectivity index (χ0n) is 17.7. The molecule has 4 aromatic rings. The smallest absolute Gasteiger partial charge is 0.126 e. The third kappa shape index (κ3) is 4.43. The number of nitrogens with zero attached hydrogens (tertiary/aromatic N) is 3. The van der Waals surface area contributed by atoms with Crippen molar-refractivity contribution in [3.05, 3.63) is 76.8 Å². The first-order valence-electron chi connectivity index (χ1n) is 10.8. The van der Waals surface area contributed by atoms with Crippen molar-refractivity contribution in [1.29, 1.82) is 0 Å². The van der Waals surface area contributed by atoms with Crippen molar-refractivity contribution in [2.45, 2.75) is 32.9 Å². The monoisotopic (exact) mass is 431 g/mol. The van der Waals surface area contributed by atoms with Crippen LogP contribution in [0.15, 0.2) is 54.7 Å². The number of hydrogen-bond acceptors (Lipinski definition) is 4. The minimum Gasteiger partial charge on any atom is -0.377 e. The van der Waals surface area contributed by atoms with Crippen LogP contribution in [0.1, 0.15) is 29.9 Å². The number of hydrogen-bond donors (Lipinski definition) is 2. The summed E-state index contributed by atoms with van der Waals surface area (Å²) in [4.78, 5) is 15.5. The number of nitrogens with one attached hydrogen (secondary N) is 2. The summed E-state index contributed by atoms with van der Waals surface area (Å²) in [5.41, 5.74) is 6.56. The van der Waals surface area contributed by atoms with Gasteiger partial charge in [0.2, 0.25) is 0 Å². The first-order valence-corrected chi connectivity index (χ1v) is 11.2. The predicted molar refractivity (Wildman–Crippen MR) is 127 cm³/mol. The molecule has 1 aliphatic heterocycles. The van der Waals surface area contributed by atoms with Crippen LogP contribution in [-0.4, -0.2) is 32.9 Å². The lowest BCUT2D eigenvalue weighted by atomic mass is 10.1. The molecule has 0 atom stereocenters. The van der Waals surface area contributed by atoms with Gasteiger partial charge in [-0.15, -0.1) is 0 Å². The molecule has 0 aliphatic carbocycles. The molecular weight excluding hydrogens is 406 g/mol. The number of halogens is 1. The summed E-state index contributed by atoms with van der Waals surface area (Å²) < 4.78 is 0. The minimum absolute atomic E-state index is 0.612. The zero-order chi connectivity index (χ0) is 21.2. The van der Waals surface area contributed by atoms with Gasteiger partial charge in [0, 0.05) is 34.4 Å². The van der Waals surface area contributed by atoms with Crippen LogP contribution in [0, 0.1) is 6.92 Å². The van der Waals surface area contributed by atoms with Gasteiger partial charge >= 0.3 is 0 Å². The maximum atomic E-state index is 6.12. The highest BCUT2D eigenvalue weighted by molar-refractivity contribution is 6.31. The van der Waals surface area contributed by atoms with Crippen LogP contribution in [0.3, 0.4) is 0 Å². The van der Waals surface area contributed by atoms with Gasteiger partial charge in [-0.2, -0.15) is 0 Å². The standard InChI is InChI=1S/C25H26ClN5/c1-17-4-6-18(7-5-17)25-23(16-31-12-2-3-13-31)29-24(30-25)15-28-21-10-11-27-22-14-19(26)8-9-20(21)22/h4-11,14H,2-3,12-13,15-16H2,1H3,(H,27,28)(H,29,30). The van der Waals surface area contributed by atoms with E-state index < -0.39 is 0 Å². The van der Waals surface area contributed by atoms with E-state index in [-0.39, 0.29) is 0 Å². The van der Waals surface area contributed by atoms with E-state index in [9.17, 15) is 0 Å². The summed E-state index contributed by atoms with van der Waals surface area (Å²) in [6, 6.07) is 16.4. The minimum atomic E-state index is 0.612. The SMILES string of the molecule is Cc1ccc(-c2nc(CNc3ccnc4cc(Cl)ccc34)[nH]c2CN2CCCC2)cc1. The fraction of sp³-hybridized carbons (Fsp3) is 0.280. The number of anilines is 1. The van der Waals surface area contributed by atoms with Gasteiger partial charge in [-0.3, -0.25) is 9.88 Å². The lowest BCUT2D eigenvalue weighted by Crippen LogP contribution is -2.19. The second-order valence-corrected chi connectivity index (χ2v) is 8.67. The number of imidazole rings is 1. The Bertz CT molecular complexity index is 1190. The number of aromatic nitrogens is 3. The molecular formula is C25H26ClN5. The van der Waals surface area contributed by atoms with E-state index in [0.29, 0.717) is 11.6 Å². The van der Waals surface area contributed by atoms with E-state index in [0.717, 1.165) is 53.3 Å². The van der Waals surface area contributed by atoms with E-state index in [1.807, 2.05) is 24.3 Å². The predicted octanol–water partition coefficient (Wildman–Crippen LogP) is 5.79. The molecule has 0 amide bonds. The van der Waals surface area contributed by atoms with Crippen molar-refractivity contribution in [2.75, 3.05) is 18.4 Å². The Kier molecular flexibility index (Phi) is 5.62. The molecule has 31 heavy (non-hydrogen) atoms. The zero-order valence-corrected chi connectivity index (χ0v) is 18.4. The molecule has 158 valence electrons. The Hall–Kier alpha value is -2.89. The Morgan fingerprint density at radius 1 is 1.06 bits per heavy atom. The molecule has 5 nitrogen and oxygen atoms in total. The summed E-state index contributed by atoms with van der Waals surface area (Å²) in [5, 5.41) is 5.27. The quantitative estimate of drug-likeness (QED) is 0.405. The summed E-state index contributed by atoms with van der Waals surface area (Å²) in [7, 11) is 0. The third-order valence-electron chi connectivity index (χ3n) is 5.88. The largest absolute Gasteiger partial charge is 0.377 e. The second-order valence-electron chi connectivity index (χ2n) is 8.23. The highest BCUT2D eigenvalue weighted by atomic mass is 35.5. The average molecular weight is 432 g/mol. The van der Waals surface area contributed by atoms with E-state index in [1.165, 1.54) is 24.1 Å². The second kappa shape index (κ2) is 8.69. The molecule has 6 heteroatoms. The Morgan fingerprint density at radius 3 is 2.68 bits per heavy atom. The number of likely N-dealkylation sites (tertiary alicyclic amines) is 1. The van der Waals surface area contributed by atoms with Crippen LogP contribution in [0.5, 0.6) is 0 Å². The fourth-order valence-corrected chi connectivity index (χ4v) is 4.40.